The number of rotatable bonds is 8. The van der Waals surface area contributed by atoms with Crippen LogP contribution in [0, 0.1) is 0 Å². The smallest absolute Gasteiger partial charge is 0.304 e. The molecule has 4 nitrogen and oxygen atoms in total. The highest BCUT2D eigenvalue weighted by atomic mass is 16.5. The third-order valence-corrected chi connectivity index (χ3v) is 3.41. The van der Waals surface area contributed by atoms with Gasteiger partial charge in [0.2, 0.25) is 0 Å². The minimum Gasteiger partial charge on any atom is -0.494 e. The highest BCUT2D eigenvalue weighted by Crippen LogP contribution is 2.30. The SMILES string of the molecule is CCOc1ccccc1C(C)N(CCC(=O)O)C(C)C. The average Bonchev–Trinajstić information content (AvgIpc) is 2.39. The van der Waals surface area contributed by atoms with Gasteiger partial charge in [0.15, 0.2) is 0 Å². The Morgan fingerprint density at radius 3 is 2.50 bits per heavy atom. The first-order chi connectivity index (χ1) is 9.47. The van der Waals surface area contributed by atoms with Gasteiger partial charge in [0.25, 0.3) is 0 Å². The van der Waals surface area contributed by atoms with E-state index in [-0.39, 0.29) is 18.5 Å². The molecule has 20 heavy (non-hydrogen) atoms. The van der Waals surface area contributed by atoms with Crippen LogP contribution in [0.4, 0.5) is 0 Å². The largest absolute Gasteiger partial charge is 0.494 e. The monoisotopic (exact) mass is 279 g/mol. The summed E-state index contributed by atoms with van der Waals surface area (Å²) >= 11 is 0. The van der Waals surface area contributed by atoms with Crippen LogP contribution in [0.1, 0.15) is 45.7 Å². The van der Waals surface area contributed by atoms with Gasteiger partial charge in [-0.2, -0.15) is 0 Å². The fourth-order valence-corrected chi connectivity index (χ4v) is 2.42. The highest BCUT2D eigenvalue weighted by Gasteiger charge is 2.22. The number of hydrogen-bond donors (Lipinski definition) is 1. The molecule has 4 heteroatoms. The Labute approximate surface area is 121 Å². The van der Waals surface area contributed by atoms with E-state index < -0.39 is 5.97 Å². The van der Waals surface area contributed by atoms with Gasteiger partial charge in [-0.05, 0) is 33.8 Å². The first kappa shape index (κ1) is 16.5. The average molecular weight is 279 g/mol. The minimum absolute atomic E-state index is 0.122. The summed E-state index contributed by atoms with van der Waals surface area (Å²) in [4.78, 5) is 13.0. The van der Waals surface area contributed by atoms with Crippen LogP contribution < -0.4 is 4.74 Å². The number of nitrogens with zero attached hydrogens (tertiary/aromatic N) is 1. The molecule has 1 atom stereocenters. The molecule has 0 bridgehead atoms. The molecule has 0 aromatic heterocycles. The molecule has 0 amide bonds. The normalized spacial score (nSPS) is 12.7. The van der Waals surface area contributed by atoms with Crippen molar-refractivity contribution in [1.29, 1.82) is 0 Å². The van der Waals surface area contributed by atoms with Crippen molar-refractivity contribution in [3.05, 3.63) is 29.8 Å². The summed E-state index contributed by atoms with van der Waals surface area (Å²) in [5.41, 5.74) is 1.11. The Kier molecular flexibility index (Phi) is 6.52. The molecule has 0 saturated heterocycles. The zero-order valence-electron chi connectivity index (χ0n) is 12.8. The quantitative estimate of drug-likeness (QED) is 0.793. The van der Waals surface area contributed by atoms with E-state index in [1.54, 1.807) is 0 Å². The fraction of sp³-hybridized carbons (Fsp3) is 0.562. The fourth-order valence-electron chi connectivity index (χ4n) is 2.42. The lowest BCUT2D eigenvalue weighted by molar-refractivity contribution is -0.137. The standard InChI is InChI=1S/C16H25NO3/c1-5-20-15-9-7-6-8-14(15)13(4)17(12(2)3)11-10-16(18)19/h6-9,12-13H,5,10-11H2,1-4H3,(H,18,19). The van der Waals surface area contributed by atoms with E-state index in [2.05, 4.69) is 25.7 Å². The van der Waals surface area contributed by atoms with Crippen LogP contribution in [-0.2, 0) is 4.79 Å². The molecule has 1 aromatic carbocycles. The van der Waals surface area contributed by atoms with Gasteiger partial charge in [-0.1, -0.05) is 18.2 Å². The molecule has 0 aliphatic carbocycles. The molecule has 0 spiro atoms. The molecular formula is C16H25NO3. The molecule has 0 saturated carbocycles. The van der Waals surface area contributed by atoms with Crippen LogP contribution in [0.15, 0.2) is 24.3 Å². The van der Waals surface area contributed by atoms with Crippen molar-refractivity contribution in [1.82, 2.24) is 4.90 Å². The van der Waals surface area contributed by atoms with E-state index in [0.29, 0.717) is 13.2 Å². The predicted molar refractivity (Wildman–Crippen MR) is 80.1 cm³/mol. The zero-order chi connectivity index (χ0) is 15.1. The Bertz CT molecular complexity index is 431. The topological polar surface area (TPSA) is 49.8 Å². The second-order valence-electron chi connectivity index (χ2n) is 5.12. The lowest BCUT2D eigenvalue weighted by Crippen LogP contribution is -2.35. The van der Waals surface area contributed by atoms with Crippen LogP contribution in [-0.4, -0.2) is 35.2 Å². The third-order valence-electron chi connectivity index (χ3n) is 3.41. The van der Waals surface area contributed by atoms with Gasteiger partial charge in [0, 0.05) is 24.2 Å². The maximum atomic E-state index is 10.8. The molecular weight excluding hydrogens is 254 g/mol. The van der Waals surface area contributed by atoms with Gasteiger partial charge < -0.3 is 9.84 Å². The van der Waals surface area contributed by atoms with E-state index in [4.69, 9.17) is 9.84 Å². The lowest BCUT2D eigenvalue weighted by atomic mass is 10.0. The van der Waals surface area contributed by atoms with E-state index >= 15 is 0 Å². The molecule has 1 aromatic rings. The Morgan fingerprint density at radius 1 is 1.30 bits per heavy atom. The van der Waals surface area contributed by atoms with Crippen molar-refractivity contribution >= 4 is 5.97 Å². The number of carboxylic acids is 1. The third kappa shape index (κ3) is 4.53. The number of hydrogen-bond acceptors (Lipinski definition) is 3. The second kappa shape index (κ2) is 7.90. The van der Waals surface area contributed by atoms with Crippen molar-refractivity contribution in [2.45, 2.75) is 46.2 Å². The summed E-state index contributed by atoms with van der Waals surface area (Å²) in [6, 6.07) is 8.36. The molecule has 0 aliphatic heterocycles. The number of aliphatic carboxylic acids is 1. The highest BCUT2D eigenvalue weighted by molar-refractivity contribution is 5.66. The molecule has 0 aliphatic rings. The van der Waals surface area contributed by atoms with Crippen LogP contribution in [0.3, 0.4) is 0 Å². The van der Waals surface area contributed by atoms with Crippen LogP contribution >= 0.6 is 0 Å². The van der Waals surface area contributed by atoms with Crippen molar-refractivity contribution in [2.24, 2.45) is 0 Å². The molecule has 0 fully saturated rings. The maximum absolute atomic E-state index is 10.8. The van der Waals surface area contributed by atoms with E-state index in [0.717, 1.165) is 11.3 Å². The van der Waals surface area contributed by atoms with E-state index in [1.165, 1.54) is 0 Å². The Hall–Kier alpha value is -1.55. The summed E-state index contributed by atoms with van der Waals surface area (Å²) in [6.45, 7) is 9.39. The maximum Gasteiger partial charge on any atom is 0.304 e. The number of carboxylic acid groups (broad SMARTS) is 1. The van der Waals surface area contributed by atoms with Gasteiger partial charge in [0.05, 0.1) is 13.0 Å². The summed E-state index contributed by atoms with van der Waals surface area (Å²) in [7, 11) is 0. The first-order valence-corrected chi connectivity index (χ1v) is 7.16. The first-order valence-electron chi connectivity index (χ1n) is 7.16. The predicted octanol–water partition coefficient (Wildman–Crippen LogP) is 3.33. The molecule has 1 unspecified atom stereocenters. The number of ether oxygens (including phenoxy) is 1. The van der Waals surface area contributed by atoms with Crippen molar-refractivity contribution in [3.8, 4) is 5.75 Å². The van der Waals surface area contributed by atoms with E-state index in [1.807, 2.05) is 31.2 Å². The molecule has 1 N–H and O–H groups in total. The zero-order valence-corrected chi connectivity index (χ0v) is 12.8. The molecule has 1 rings (SSSR count). The van der Waals surface area contributed by atoms with Crippen LogP contribution in [0.25, 0.3) is 0 Å². The molecule has 0 radical (unpaired) electrons. The molecule has 0 heterocycles. The van der Waals surface area contributed by atoms with Crippen molar-refractivity contribution in [2.75, 3.05) is 13.2 Å². The second-order valence-corrected chi connectivity index (χ2v) is 5.12. The Balaban J connectivity index is 2.93. The van der Waals surface area contributed by atoms with Crippen molar-refractivity contribution in [3.63, 3.8) is 0 Å². The summed E-state index contributed by atoms with van der Waals surface area (Å²) in [5.74, 6) is 0.115. The van der Waals surface area contributed by atoms with Crippen molar-refractivity contribution < 1.29 is 14.6 Å². The summed E-state index contributed by atoms with van der Waals surface area (Å²) in [6.07, 6.45) is 0.152. The summed E-state index contributed by atoms with van der Waals surface area (Å²) < 4.78 is 5.67. The lowest BCUT2D eigenvalue weighted by Gasteiger charge is -2.33. The van der Waals surface area contributed by atoms with Crippen LogP contribution in [0.5, 0.6) is 5.75 Å². The number of para-hydroxylation sites is 1. The van der Waals surface area contributed by atoms with Gasteiger partial charge in [-0.15, -0.1) is 0 Å². The Morgan fingerprint density at radius 2 is 1.95 bits per heavy atom. The van der Waals surface area contributed by atoms with Gasteiger partial charge >= 0.3 is 5.97 Å². The molecule has 112 valence electrons. The van der Waals surface area contributed by atoms with Gasteiger partial charge in [-0.3, -0.25) is 9.69 Å². The van der Waals surface area contributed by atoms with Gasteiger partial charge in [0.1, 0.15) is 5.75 Å². The number of carbonyl (C=O) groups is 1. The number of benzene rings is 1. The van der Waals surface area contributed by atoms with Crippen LogP contribution in [0.2, 0.25) is 0 Å². The van der Waals surface area contributed by atoms with Gasteiger partial charge in [-0.25, -0.2) is 0 Å². The summed E-state index contributed by atoms with van der Waals surface area (Å²) in [5, 5.41) is 8.88. The minimum atomic E-state index is -0.763. The van der Waals surface area contributed by atoms with E-state index in [9.17, 15) is 4.79 Å².